The number of hydrogen-bond acceptors (Lipinski definition) is 7. The molecule has 4 rings (SSSR count). The lowest BCUT2D eigenvalue weighted by Crippen LogP contribution is -2.43. The number of likely N-dealkylation sites (tertiary alicyclic amines) is 1. The molecule has 1 N–H and O–H groups in total. The summed E-state index contributed by atoms with van der Waals surface area (Å²) in [6.07, 6.45) is 2.76. The molecule has 0 bridgehead atoms. The van der Waals surface area contributed by atoms with Gasteiger partial charge in [-0.05, 0) is 73.5 Å². The molecular formula is C26H31FN4O3S. The molecule has 0 radical (unpaired) electrons. The van der Waals surface area contributed by atoms with Crippen molar-refractivity contribution in [3.8, 4) is 17.1 Å². The van der Waals surface area contributed by atoms with Crippen molar-refractivity contribution >= 4 is 17.7 Å². The molecule has 7 nitrogen and oxygen atoms in total. The number of carbonyl (C=O) groups is 1. The van der Waals surface area contributed by atoms with E-state index >= 15 is 0 Å². The van der Waals surface area contributed by atoms with Gasteiger partial charge >= 0.3 is 0 Å². The van der Waals surface area contributed by atoms with Crippen LogP contribution in [0, 0.1) is 11.7 Å². The van der Waals surface area contributed by atoms with Gasteiger partial charge in [0, 0.05) is 24.4 Å². The van der Waals surface area contributed by atoms with E-state index in [0.29, 0.717) is 31.3 Å². The lowest BCUT2D eigenvalue weighted by molar-refractivity contribution is -0.126. The molecule has 0 aliphatic carbocycles. The Bertz CT molecular complexity index is 1070. The highest BCUT2D eigenvalue weighted by Gasteiger charge is 2.26. The predicted octanol–water partition coefficient (Wildman–Crippen LogP) is 4.54. The minimum absolute atomic E-state index is 0.0281. The average molecular weight is 499 g/mol. The van der Waals surface area contributed by atoms with E-state index in [1.54, 1.807) is 18.9 Å². The number of amides is 1. The Kier molecular flexibility index (Phi) is 9.14. The maximum atomic E-state index is 13.0. The number of halogens is 1. The standard InChI is InChI=1S/C26H31FN4O3S/c1-33-23-11-7-20(8-12-23)25-29-24(34-30-25)17-31-14-2-4-21(16-31)26(32)28-13-3-15-35-18-19-5-9-22(27)10-6-19/h5-12,21H,2-4,13-18H2,1H3,(H,28,32). The summed E-state index contributed by atoms with van der Waals surface area (Å²) in [6, 6.07) is 14.1. The number of rotatable bonds is 11. The fraction of sp³-hybridized carbons (Fsp3) is 0.423. The third kappa shape index (κ3) is 7.53. The lowest BCUT2D eigenvalue weighted by Gasteiger charge is -2.30. The fourth-order valence-corrected chi connectivity index (χ4v) is 5.00. The maximum absolute atomic E-state index is 13.0. The molecule has 2 heterocycles. The molecular weight excluding hydrogens is 467 g/mol. The number of carbonyl (C=O) groups excluding carboxylic acids is 1. The van der Waals surface area contributed by atoms with E-state index in [1.165, 1.54) is 12.1 Å². The molecule has 1 aliphatic heterocycles. The van der Waals surface area contributed by atoms with Gasteiger partial charge in [0.2, 0.25) is 17.6 Å². The van der Waals surface area contributed by atoms with E-state index in [0.717, 1.165) is 54.2 Å². The van der Waals surface area contributed by atoms with E-state index in [1.807, 2.05) is 36.4 Å². The number of thioether (sulfide) groups is 1. The molecule has 9 heteroatoms. The zero-order chi connectivity index (χ0) is 24.5. The van der Waals surface area contributed by atoms with Gasteiger partial charge in [-0.15, -0.1) is 0 Å². The smallest absolute Gasteiger partial charge is 0.241 e. The number of benzene rings is 2. The van der Waals surface area contributed by atoms with Gasteiger partial charge in [0.15, 0.2) is 0 Å². The molecule has 1 amide bonds. The van der Waals surface area contributed by atoms with E-state index in [4.69, 9.17) is 9.26 Å². The van der Waals surface area contributed by atoms with Crippen LogP contribution in [-0.4, -0.2) is 53.4 Å². The first kappa shape index (κ1) is 25.2. The second-order valence-electron chi connectivity index (χ2n) is 8.64. The molecule has 3 aromatic rings. The van der Waals surface area contributed by atoms with Gasteiger partial charge < -0.3 is 14.6 Å². The van der Waals surface area contributed by atoms with Crippen LogP contribution in [0.1, 0.15) is 30.7 Å². The van der Waals surface area contributed by atoms with Crippen molar-refractivity contribution in [1.82, 2.24) is 20.4 Å². The summed E-state index contributed by atoms with van der Waals surface area (Å²) >= 11 is 1.79. The van der Waals surface area contributed by atoms with Crippen LogP contribution < -0.4 is 10.1 Å². The van der Waals surface area contributed by atoms with Crippen molar-refractivity contribution in [2.75, 3.05) is 32.5 Å². The third-order valence-electron chi connectivity index (χ3n) is 6.00. The van der Waals surface area contributed by atoms with E-state index in [2.05, 4.69) is 20.4 Å². The molecule has 1 aromatic heterocycles. The van der Waals surface area contributed by atoms with Crippen molar-refractivity contribution < 1.29 is 18.4 Å². The van der Waals surface area contributed by atoms with Gasteiger partial charge in [0.05, 0.1) is 19.6 Å². The van der Waals surface area contributed by atoms with Gasteiger partial charge in [-0.3, -0.25) is 9.69 Å². The molecule has 35 heavy (non-hydrogen) atoms. The first-order valence-electron chi connectivity index (χ1n) is 11.9. The summed E-state index contributed by atoms with van der Waals surface area (Å²) in [4.78, 5) is 19.4. The Labute approximate surface area is 209 Å². The highest BCUT2D eigenvalue weighted by atomic mass is 32.2. The van der Waals surface area contributed by atoms with Gasteiger partial charge in [-0.2, -0.15) is 16.7 Å². The number of hydrogen-bond donors (Lipinski definition) is 1. The summed E-state index contributed by atoms with van der Waals surface area (Å²) in [5, 5.41) is 7.19. The Morgan fingerprint density at radius 2 is 2.03 bits per heavy atom. The topological polar surface area (TPSA) is 80.5 Å². The Hall–Kier alpha value is -2.91. The molecule has 2 aromatic carbocycles. The highest BCUT2D eigenvalue weighted by molar-refractivity contribution is 7.98. The zero-order valence-corrected chi connectivity index (χ0v) is 20.7. The molecule has 1 aliphatic rings. The number of methoxy groups -OCH3 is 1. The number of piperidine rings is 1. The van der Waals surface area contributed by atoms with Gasteiger partial charge in [0.25, 0.3) is 0 Å². The van der Waals surface area contributed by atoms with Crippen LogP contribution in [0.25, 0.3) is 11.4 Å². The predicted molar refractivity (Wildman–Crippen MR) is 134 cm³/mol. The summed E-state index contributed by atoms with van der Waals surface area (Å²) in [5.41, 5.74) is 1.98. The minimum atomic E-state index is -0.210. The van der Waals surface area contributed by atoms with Gasteiger partial charge in [0.1, 0.15) is 11.6 Å². The molecule has 1 atom stereocenters. The molecule has 1 fully saturated rings. The van der Waals surface area contributed by atoms with Crippen LogP contribution in [0.2, 0.25) is 0 Å². The second kappa shape index (κ2) is 12.7. The molecule has 0 spiro atoms. The fourth-order valence-electron chi connectivity index (χ4n) is 4.08. The van der Waals surface area contributed by atoms with E-state index in [-0.39, 0.29) is 17.6 Å². The lowest BCUT2D eigenvalue weighted by atomic mass is 9.97. The number of nitrogens with zero attached hydrogens (tertiary/aromatic N) is 3. The SMILES string of the molecule is COc1ccc(-c2noc(CN3CCCC(C(=O)NCCCSCc4ccc(F)cc4)C3)n2)cc1. The summed E-state index contributed by atoms with van der Waals surface area (Å²) in [6.45, 7) is 2.79. The number of aromatic nitrogens is 2. The molecule has 1 saturated heterocycles. The summed E-state index contributed by atoms with van der Waals surface area (Å²) in [7, 11) is 1.63. The molecule has 186 valence electrons. The first-order valence-corrected chi connectivity index (χ1v) is 13.1. The molecule has 1 unspecified atom stereocenters. The normalized spacial score (nSPS) is 16.2. The van der Waals surface area contributed by atoms with E-state index < -0.39 is 0 Å². The first-order chi connectivity index (χ1) is 17.1. The van der Waals surface area contributed by atoms with E-state index in [9.17, 15) is 9.18 Å². The maximum Gasteiger partial charge on any atom is 0.241 e. The minimum Gasteiger partial charge on any atom is -0.497 e. The monoisotopic (exact) mass is 498 g/mol. The Morgan fingerprint density at radius 1 is 1.23 bits per heavy atom. The van der Waals surface area contributed by atoms with Crippen LogP contribution in [0.3, 0.4) is 0 Å². The quantitative estimate of drug-likeness (QED) is 0.389. The highest BCUT2D eigenvalue weighted by Crippen LogP contribution is 2.22. The number of ether oxygens (including phenoxy) is 1. The Morgan fingerprint density at radius 3 is 2.80 bits per heavy atom. The van der Waals surface area contributed by atoms with Crippen LogP contribution in [-0.2, 0) is 17.1 Å². The van der Waals surface area contributed by atoms with Crippen molar-refractivity contribution in [2.45, 2.75) is 31.6 Å². The summed E-state index contributed by atoms with van der Waals surface area (Å²) in [5.74, 6) is 3.55. The van der Waals surface area contributed by atoms with Crippen molar-refractivity contribution in [3.63, 3.8) is 0 Å². The summed E-state index contributed by atoms with van der Waals surface area (Å²) < 4.78 is 23.6. The van der Waals surface area contributed by atoms with Crippen molar-refractivity contribution in [2.24, 2.45) is 5.92 Å². The third-order valence-corrected chi connectivity index (χ3v) is 7.11. The van der Waals surface area contributed by atoms with Gasteiger partial charge in [-0.25, -0.2) is 4.39 Å². The largest absolute Gasteiger partial charge is 0.497 e. The van der Waals surface area contributed by atoms with Crippen molar-refractivity contribution in [1.29, 1.82) is 0 Å². The van der Waals surface area contributed by atoms with Crippen LogP contribution in [0.5, 0.6) is 5.75 Å². The van der Waals surface area contributed by atoms with Crippen molar-refractivity contribution in [3.05, 3.63) is 65.8 Å². The van der Waals surface area contributed by atoms with Crippen LogP contribution >= 0.6 is 11.8 Å². The van der Waals surface area contributed by atoms with Crippen LogP contribution in [0.4, 0.5) is 4.39 Å². The molecule has 0 saturated carbocycles. The van der Waals surface area contributed by atoms with Gasteiger partial charge in [-0.1, -0.05) is 17.3 Å². The Balaban J connectivity index is 1.16. The second-order valence-corrected chi connectivity index (χ2v) is 9.74. The average Bonchev–Trinajstić information content (AvgIpc) is 3.35. The number of nitrogens with one attached hydrogen (secondary N) is 1. The van der Waals surface area contributed by atoms with Crippen LogP contribution in [0.15, 0.2) is 53.1 Å². The zero-order valence-electron chi connectivity index (χ0n) is 19.9.